The third-order valence-corrected chi connectivity index (χ3v) is 4.17. The number of aromatic nitrogens is 3. The van der Waals surface area contributed by atoms with E-state index in [4.69, 9.17) is 14.4 Å². The first-order valence-electron chi connectivity index (χ1n) is 7.30. The van der Waals surface area contributed by atoms with Crippen LogP contribution in [-0.4, -0.2) is 32.0 Å². The summed E-state index contributed by atoms with van der Waals surface area (Å²) >= 11 is 1.35. The van der Waals surface area contributed by atoms with E-state index in [0.29, 0.717) is 16.2 Å². The molecule has 0 unspecified atom stereocenters. The lowest BCUT2D eigenvalue weighted by atomic mass is 10.1. The number of nitrogens with zero attached hydrogens (tertiary/aromatic N) is 3. The van der Waals surface area contributed by atoms with Crippen LogP contribution in [0.1, 0.15) is 5.69 Å². The zero-order valence-corrected chi connectivity index (χ0v) is 14.0. The predicted octanol–water partition coefficient (Wildman–Crippen LogP) is 1.78. The van der Waals surface area contributed by atoms with Crippen molar-refractivity contribution < 1.29 is 19.2 Å². The van der Waals surface area contributed by atoms with Crippen LogP contribution in [0.3, 0.4) is 0 Å². The van der Waals surface area contributed by atoms with Gasteiger partial charge < -0.3 is 14.9 Å². The number of para-hydroxylation sites is 1. The zero-order chi connectivity index (χ0) is 18.5. The molecule has 0 bridgehead atoms. The van der Waals surface area contributed by atoms with Gasteiger partial charge in [0, 0.05) is 17.0 Å². The Morgan fingerprint density at radius 2 is 2.15 bits per heavy atom. The van der Waals surface area contributed by atoms with Crippen molar-refractivity contribution in [1.82, 2.24) is 14.5 Å². The van der Waals surface area contributed by atoms with Crippen molar-refractivity contribution in [2.75, 3.05) is 5.32 Å². The maximum absolute atomic E-state index is 12.2. The van der Waals surface area contributed by atoms with Gasteiger partial charge in [-0.25, -0.2) is 4.98 Å². The van der Waals surface area contributed by atoms with E-state index in [0.717, 1.165) is 5.39 Å². The van der Waals surface area contributed by atoms with E-state index < -0.39 is 0 Å². The van der Waals surface area contributed by atoms with Crippen molar-refractivity contribution in [1.29, 1.82) is 0 Å². The Bertz CT molecular complexity index is 1130. The maximum atomic E-state index is 12.2. The van der Waals surface area contributed by atoms with Gasteiger partial charge in [-0.3, -0.25) is 18.8 Å². The molecule has 3 heterocycles. The minimum absolute atomic E-state index is 0.0167. The molecule has 1 aromatic carbocycles. The number of hydrogen-bond donors (Lipinski definition) is 2. The predicted molar refractivity (Wildman–Crippen MR) is 94.4 cm³/mol. The van der Waals surface area contributed by atoms with E-state index in [-0.39, 0.29) is 30.0 Å². The van der Waals surface area contributed by atoms with E-state index >= 15 is 0 Å². The topological polar surface area (TPSA) is 127 Å². The van der Waals surface area contributed by atoms with Gasteiger partial charge in [-0.05, 0) is 12.1 Å². The summed E-state index contributed by atoms with van der Waals surface area (Å²) in [5.74, 6) is -0.349. The lowest BCUT2D eigenvalue weighted by Crippen LogP contribution is -2.23. The summed E-state index contributed by atoms with van der Waals surface area (Å²) in [6, 6.07) is 7.30. The Hall–Kier alpha value is -3.53. The number of carboxylic acid groups (broad SMARTS) is 1. The lowest BCUT2D eigenvalue weighted by molar-refractivity contribution is -0.123. The Kier molecular flexibility index (Phi) is 5.04. The van der Waals surface area contributed by atoms with E-state index in [9.17, 15) is 9.59 Å². The molecule has 0 spiro atoms. The fraction of sp³-hybridized carbons (Fsp3) is 0.0625. The number of anilines is 1. The number of fused-ring (bicyclic) bond motifs is 2. The highest BCUT2D eigenvalue weighted by atomic mass is 32.1. The largest absolute Gasteiger partial charge is 0.483 e. The number of carbonyl (C=O) groups excluding carboxylic acids is 1. The van der Waals surface area contributed by atoms with Crippen LogP contribution in [0.15, 0.2) is 51.4 Å². The van der Waals surface area contributed by atoms with Crippen molar-refractivity contribution in [2.24, 2.45) is 0 Å². The molecule has 0 atom stereocenters. The molecule has 26 heavy (non-hydrogen) atoms. The number of rotatable bonds is 3. The van der Waals surface area contributed by atoms with Gasteiger partial charge >= 0.3 is 0 Å². The molecule has 9 nitrogen and oxygen atoms in total. The van der Waals surface area contributed by atoms with Gasteiger partial charge in [0.05, 0.1) is 12.6 Å². The van der Waals surface area contributed by atoms with E-state index in [2.05, 4.69) is 15.5 Å². The fourth-order valence-corrected chi connectivity index (χ4v) is 3.00. The molecule has 0 aliphatic rings. The SMILES string of the molecule is O=C(Cc1noc2ccccc12)Nc1cnc2sccn2c1=O.O=CO. The summed E-state index contributed by atoms with van der Waals surface area (Å²) < 4.78 is 6.56. The molecule has 132 valence electrons. The van der Waals surface area contributed by atoms with E-state index in [1.807, 2.05) is 18.2 Å². The molecule has 10 heteroatoms. The summed E-state index contributed by atoms with van der Waals surface area (Å²) in [7, 11) is 0. The van der Waals surface area contributed by atoms with Crippen LogP contribution in [0.2, 0.25) is 0 Å². The summed E-state index contributed by atoms with van der Waals surface area (Å²) in [6.45, 7) is -0.250. The molecule has 1 amide bonds. The van der Waals surface area contributed by atoms with Crippen LogP contribution in [-0.2, 0) is 16.0 Å². The van der Waals surface area contributed by atoms with E-state index in [1.54, 1.807) is 17.6 Å². The molecule has 4 aromatic rings. The molecule has 0 aliphatic carbocycles. The minimum Gasteiger partial charge on any atom is -0.483 e. The van der Waals surface area contributed by atoms with Crippen molar-refractivity contribution in [3.8, 4) is 0 Å². The number of carbonyl (C=O) groups is 2. The number of amides is 1. The zero-order valence-electron chi connectivity index (χ0n) is 13.2. The van der Waals surface area contributed by atoms with Gasteiger partial charge in [-0.1, -0.05) is 17.3 Å². The van der Waals surface area contributed by atoms with Crippen molar-refractivity contribution in [3.63, 3.8) is 0 Å². The third-order valence-electron chi connectivity index (χ3n) is 3.40. The van der Waals surface area contributed by atoms with Crippen molar-refractivity contribution in [2.45, 2.75) is 6.42 Å². The monoisotopic (exact) mass is 372 g/mol. The van der Waals surface area contributed by atoms with Gasteiger partial charge in [0.2, 0.25) is 5.91 Å². The molecule has 3 aromatic heterocycles. The highest BCUT2D eigenvalue weighted by molar-refractivity contribution is 7.15. The average molecular weight is 372 g/mol. The van der Waals surface area contributed by atoms with Gasteiger partial charge in [0.25, 0.3) is 12.0 Å². The number of nitrogens with one attached hydrogen (secondary N) is 1. The Morgan fingerprint density at radius 3 is 2.96 bits per heavy atom. The molecule has 0 saturated heterocycles. The third kappa shape index (κ3) is 3.44. The number of benzene rings is 1. The van der Waals surface area contributed by atoms with Crippen LogP contribution in [0, 0.1) is 0 Å². The van der Waals surface area contributed by atoms with Crippen LogP contribution < -0.4 is 10.9 Å². The molecule has 0 fully saturated rings. The first kappa shape index (κ1) is 17.3. The van der Waals surface area contributed by atoms with Gasteiger partial charge in [0.1, 0.15) is 11.4 Å². The average Bonchev–Trinajstić information content (AvgIpc) is 3.26. The van der Waals surface area contributed by atoms with Crippen molar-refractivity contribution in [3.05, 3.63) is 58.1 Å². The maximum Gasteiger partial charge on any atom is 0.290 e. The quantitative estimate of drug-likeness (QED) is 0.525. The lowest BCUT2D eigenvalue weighted by Gasteiger charge is -2.03. The molecule has 4 rings (SSSR count). The fourth-order valence-electron chi connectivity index (χ4n) is 2.32. The summed E-state index contributed by atoms with van der Waals surface area (Å²) in [4.78, 5) is 37.5. The van der Waals surface area contributed by atoms with Crippen LogP contribution in [0.4, 0.5) is 5.69 Å². The second-order valence-corrected chi connectivity index (χ2v) is 5.86. The molecular weight excluding hydrogens is 360 g/mol. The molecule has 0 radical (unpaired) electrons. The molecule has 0 saturated carbocycles. The number of thiazole rings is 1. The van der Waals surface area contributed by atoms with Crippen LogP contribution in [0.5, 0.6) is 0 Å². The number of hydrogen-bond acceptors (Lipinski definition) is 7. The Balaban J connectivity index is 0.000000613. The molecule has 2 N–H and O–H groups in total. The van der Waals surface area contributed by atoms with Gasteiger partial charge in [-0.15, -0.1) is 11.3 Å². The van der Waals surface area contributed by atoms with Gasteiger partial charge in [-0.2, -0.15) is 0 Å². The second-order valence-electron chi connectivity index (χ2n) is 4.99. The minimum atomic E-state index is -0.349. The summed E-state index contributed by atoms with van der Waals surface area (Å²) in [5, 5.41) is 15.9. The standard InChI is InChI=1S/C15H10N4O3S.CH2O2/c20-13(7-10-9-3-1-2-4-12(9)22-18-10)17-11-8-16-15-19(14(11)21)5-6-23-15;2-1-3/h1-6,8H,7H2,(H,17,20);1H,(H,2,3). The van der Waals surface area contributed by atoms with Crippen molar-refractivity contribution >= 4 is 45.3 Å². The van der Waals surface area contributed by atoms with Gasteiger partial charge in [0.15, 0.2) is 10.5 Å². The Morgan fingerprint density at radius 1 is 1.38 bits per heavy atom. The smallest absolute Gasteiger partial charge is 0.290 e. The second kappa shape index (κ2) is 7.57. The van der Waals surface area contributed by atoms with Crippen LogP contribution >= 0.6 is 11.3 Å². The first-order chi connectivity index (χ1) is 12.6. The molecule has 0 aliphatic heterocycles. The Labute approximate surface area is 149 Å². The highest BCUT2D eigenvalue weighted by Crippen LogP contribution is 2.18. The first-order valence-corrected chi connectivity index (χ1v) is 8.18. The molecular formula is C16H12N4O5S. The normalized spacial score (nSPS) is 10.3. The summed E-state index contributed by atoms with van der Waals surface area (Å²) in [5.41, 5.74) is 0.979. The van der Waals surface area contributed by atoms with Crippen LogP contribution in [0.25, 0.3) is 15.9 Å². The van der Waals surface area contributed by atoms with E-state index in [1.165, 1.54) is 21.9 Å². The summed E-state index contributed by atoms with van der Waals surface area (Å²) in [6.07, 6.45) is 3.01. The highest BCUT2D eigenvalue weighted by Gasteiger charge is 2.14.